The fraction of sp³-hybridized carbons (Fsp3) is 0.412. The zero-order valence-electron chi connectivity index (χ0n) is 13.7. The van der Waals surface area contributed by atoms with Crippen molar-refractivity contribution in [3.8, 4) is 11.5 Å². The zero-order valence-corrected chi connectivity index (χ0v) is 13.7. The third-order valence-corrected chi connectivity index (χ3v) is 4.44. The predicted molar refractivity (Wildman–Crippen MR) is 87.9 cm³/mol. The van der Waals surface area contributed by atoms with Gasteiger partial charge in [0.25, 0.3) is 5.89 Å². The van der Waals surface area contributed by atoms with Gasteiger partial charge in [-0.15, -0.1) is 0 Å². The topological polar surface area (TPSA) is 72.9 Å². The third kappa shape index (κ3) is 3.21. The highest BCUT2D eigenvalue weighted by Gasteiger charge is 2.26. The van der Waals surface area contributed by atoms with Gasteiger partial charge in [0.1, 0.15) is 12.7 Å². The summed E-state index contributed by atoms with van der Waals surface area (Å²) in [5, 5.41) is 8.36. The van der Waals surface area contributed by atoms with Crippen molar-refractivity contribution in [2.24, 2.45) is 0 Å². The minimum Gasteiger partial charge on any atom is -0.334 e. The summed E-state index contributed by atoms with van der Waals surface area (Å²) in [6, 6.07) is 8.55. The van der Waals surface area contributed by atoms with E-state index in [1.54, 1.807) is 12.7 Å². The van der Waals surface area contributed by atoms with Crippen molar-refractivity contribution in [1.82, 2.24) is 29.8 Å². The van der Waals surface area contributed by atoms with E-state index in [0.717, 1.165) is 30.9 Å². The van der Waals surface area contributed by atoms with E-state index < -0.39 is 0 Å². The lowest BCUT2D eigenvalue weighted by atomic mass is 10.1. The van der Waals surface area contributed by atoms with Gasteiger partial charge in [-0.1, -0.05) is 22.9 Å². The van der Waals surface area contributed by atoms with Gasteiger partial charge in [-0.25, -0.2) is 4.98 Å². The molecule has 1 aromatic carbocycles. The molecule has 1 aliphatic rings. The fourth-order valence-electron chi connectivity index (χ4n) is 3.25. The summed E-state index contributed by atoms with van der Waals surface area (Å²) in [4.78, 5) is 11.0. The van der Waals surface area contributed by atoms with Crippen LogP contribution in [-0.4, -0.2) is 42.4 Å². The molecule has 2 aromatic heterocycles. The maximum Gasteiger partial charge on any atom is 0.257 e. The minimum absolute atomic E-state index is 0.438. The van der Waals surface area contributed by atoms with Crippen LogP contribution in [0.15, 0.2) is 41.4 Å². The van der Waals surface area contributed by atoms with Gasteiger partial charge in [-0.2, -0.15) is 10.1 Å². The second-order valence-corrected chi connectivity index (χ2v) is 6.27. The lowest BCUT2D eigenvalue weighted by Crippen LogP contribution is -2.33. The number of likely N-dealkylation sites (tertiary alicyclic amines) is 1. The summed E-state index contributed by atoms with van der Waals surface area (Å²) >= 11 is 0. The Balaban J connectivity index is 1.45. The van der Waals surface area contributed by atoms with Crippen molar-refractivity contribution >= 4 is 0 Å². The van der Waals surface area contributed by atoms with Crippen LogP contribution in [0.4, 0.5) is 0 Å². The molecule has 0 bridgehead atoms. The van der Waals surface area contributed by atoms with Gasteiger partial charge in [0.15, 0.2) is 5.82 Å². The van der Waals surface area contributed by atoms with Crippen LogP contribution in [0.25, 0.3) is 11.5 Å². The van der Waals surface area contributed by atoms with Crippen LogP contribution in [0.3, 0.4) is 0 Å². The summed E-state index contributed by atoms with van der Waals surface area (Å²) in [5.41, 5.74) is 2.15. The largest absolute Gasteiger partial charge is 0.334 e. The Hall–Kier alpha value is -2.54. The lowest BCUT2D eigenvalue weighted by molar-refractivity contribution is 0.211. The molecule has 0 radical (unpaired) electrons. The van der Waals surface area contributed by atoms with E-state index in [9.17, 15) is 0 Å². The van der Waals surface area contributed by atoms with Gasteiger partial charge in [0, 0.05) is 11.6 Å². The van der Waals surface area contributed by atoms with E-state index in [-0.39, 0.29) is 0 Å². The molecule has 1 saturated heterocycles. The highest BCUT2D eigenvalue weighted by atomic mass is 16.5. The van der Waals surface area contributed by atoms with Crippen LogP contribution < -0.4 is 0 Å². The Morgan fingerprint density at radius 1 is 1.33 bits per heavy atom. The van der Waals surface area contributed by atoms with Crippen LogP contribution in [0, 0.1) is 6.92 Å². The molecule has 1 aliphatic heterocycles. The Labute approximate surface area is 140 Å². The van der Waals surface area contributed by atoms with Crippen molar-refractivity contribution in [3.63, 3.8) is 0 Å². The van der Waals surface area contributed by atoms with E-state index in [4.69, 9.17) is 4.52 Å². The minimum atomic E-state index is 0.438. The van der Waals surface area contributed by atoms with Gasteiger partial charge < -0.3 is 4.52 Å². The average Bonchev–Trinajstić information content (AvgIpc) is 3.32. The Morgan fingerprint density at radius 2 is 2.29 bits per heavy atom. The van der Waals surface area contributed by atoms with Crippen molar-refractivity contribution in [2.75, 3.05) is 6.54 Å². The standard InChI is InChI=1S/C17H20N6O/c1-13-4-2-5-14(8-13)17-20-16(21-24-17)10-22-7-3-6-15(22)9-23-12-18-11-19-23/h2,4-5,8,11-12,15H,3,6-7,9-10H2,1H3/t15-/m0/s1. The molecular formula is C17H20N6O. The second kappa shape index (κ2) is 6.52. The molecule has 4 rings (SSSR count). The number of nitrogens with zero attached hydrogens (tertiary/aromatic N) is 6. The number of rotatable bonds is 5. The van der Waals surface area contributed by atoms with Crippen LogP contribution in [0.2, 0.25) is 0 Å². The van der Waals surface area contributed by atoms with E-state index in [1.165, 1.54) is 12.0 Å². The normalized spacial score (nSPS) is 18.3. The zero-order chi connectivity index (χ0) is 16.4. The van der Waals surface area contributed by atoms with Crippen molar-refractivity contribution in [2.45, 2.75) is 38.9 Å². The van der Waals surface area contributed by atoms with Crippen LogP contribution in [0.1, 0.15) is 24.2 Å². The molecule has 7 nitrogen and oxygen atoms in total. The van der Waals surface area contributed by atoms with E-state index >= 15 is 0 Å². The van der Waals surface area contributed by atoms with Gasteiger partial charge >= 0.3 is 0 Å². The Kier molecular flexibility index (Phi) is 4.08. The first-order chi connectivity index (χ1) is 11.8. The van der Waals surface area contributed by atoms with Crippen molar-refractivity contribution in [1.29, 1.82) is 0 Å². The molecule has 0 unspecified atom stereocenters. The summed E-state index contributed by atoms with van der Waals surface area (Å²) in [6.07, 6.45) is 5.68. The SMILES string of the molecule is Cc1cccc(-c2nc(CN3CCC[C@H]3Cn3cncn3)no2)c1. The van der Waals surface area contributed by atoms with Gasteiger partial charge in [0.05, 0.1) is 13.1 Å². The maximum absolute atomic E-state index is 5.44. The molecule has 0 N–H and O–H groups in total. The van der Waals surface area contributed by atoms with Crippen LogP contribution in [0.5, 0.6) is 0 Å². The number of aromatic nitrogens is 5. The molecule has 124 valence electrons. The number of hydrogen-bond donors (Lipinski definition) is 0. The first-order valence-corrected chi connectivity index (χ1v) is 8.24. The molecule has 1 atom stereocenters. The number of benzene rings is 1. The van der Waals surface area contributed by atoms with E-state index in [2.05, 4.69) is 44.2 Å². The smallest absolute Gasteiger partial charge is 0.257 e. The molecule has 0 spiro atoms. The Morgan fingerprint density at radius 3 is 3.12 bits per heavy atom. The second-order valence-electron chi connectivity index (χ2n) is 6.27. The third-order valence-electron chi connectivity index (χ3n) is 4.44. The molecule has 3 heterocycles. The van der Waals surface area contributed by atoms with Crippen molar-refractivity contribution in [3.05, 3.63) is 48.3 Å². The average molecular weight is 324 g/mol. The number of aryl methyl sites for hydroxylation is 1. The predicted octanol–water partition coefficient (Wildman–Crippen LogP) is 2.30. The molecule has 0 aliphatic carbocycles. The highest BCUT2D eigenvalue weighted by molar-refractivity contribution is 5.53. The van der Waals surface area contributed by atoms with Crippen LogP contribution >= 0.6 is 0 Å². The van der Waals surface area contributed by atoms with Gasteiger partial charge in [0.2, 0.25) is 0 Å². The first-order valence-electron chi connectivity index (χ1n) is 8.24. The van der Waals surface area contributed by atoms with E-state index in [1.807, 2.05) is 16.8 Å². The summed E-state index contributed by atoms with van der Waals surface area (Å²) < 4.78 is 7.33. The molecule has 3 aromatic rings. The molecule has 24 heavy (non-hydrogen) atoms. The first kappa shape index (κ1) is 15.0. The summed E-state index contributed by atoms with van der Waals surface area (Å²) in [6.45, 7) is 4.66. The lowest BCUT2D eigenvalue weighted by Gasteiger charge is -2.22. The van der Waals surface area contributed by atoms with E-state index in [0.29, 0.717) is 18.5 Å². The molecule has 1 fully saturated rings. The molecular weight excluding hydrogens is 304 g/mol. The van der Waals surface area contributed by atoms with Gasteiger partial charge in [-0.05, 0) is 38.4 Å². The monoisotopic (exact) mass is 324 g/mol. The molecule has 7 heteroatoms. The summed E-state index contributed by atoms with van der Waals surface area (Å²) in [5.74, 6) is 1.32. The quantitative estimate of drug-likeness (QED) is 0.717. The highest BCUT2D eigenvalue weighted by Crippen LogP contribution is 2.22. The molecule has 0 saturated carbocycles. The van der Waals surface area contributed by atoms with Gasteiger partial charge in [-0.3, -0.25) is 9.58 Å². The fourth-order valence-corrected chi connectivity index (χ4v) is 3.25. The van der Waals surface area contributed by atoms with Crippen molar-refractivity contribution < 1.29 is 4.52 Å². The molecule has 0 amide bonds. The summed E-state index contributed by atoms with van der Waals surface area (Å²) in [7, 11) is 0. The Bertz CT molecular complexity index is 797. The maximum atomic E-state index is 5.44. The number of hydrogen-bond acceptors (Lipinski definition) is 6. The van der Waals surface area contributed by atoms with Crippen LogP contribution in [-0.2, 0) is 13.1 Å².